The lowest BCUT2D eigenvalue weighted by atomic mass is 9.83. The summed E-state index contributed by atoms with van der Waals surface area (Å²) in [6.45, 7) is 1.38. The number of nitrogens with zero attached hydrogens (tertiary/aromatic N) is 1. The summed E-state index contributed by atoms with van der Waals surface area (Å²) in [6, 6.07) is 4.65. The molecule has 1 unspecified atom stereocenters. The lowest BCUT2D eigenvalue weighted by Gasteiger charge is -2.20. The van der Waals surface area contributed by atoms with E-state index in [2.05, 4.69) is 4.74 Å². The fraction of sp³-hybridized carbons (Fsp3) is 0.333. The number of phenolic OH excluding ortho intramolecular Hbond substituents is 1. The van der Waals surface area contributed by atoms with Gasteiger partial charge in [-0.1, -0.05) is 12.8 Å². The number of aromatic nitrogens is 1. The number of carbonyl (C=O) groups is 2. The van der Waals surface area contributed by atoms with Crippen molar-refractivity contribution in [1.82, 2.24) is 4.57 Å². The van der Waals surface area contributed by atoms with E-state index in [1.54, 1.807) is 0 Å². The van der Waals surface area contributed by atoms with E-state index in [1.165, 1.54) is 6.92 Å². The van der Waals surface area contributed by atoms with Crippen molar-refractivity contribution < 1.29 is 46.5 Å². The molecule has 1 saturated carbocycles. The molecule has 0 radical (unpaired) electrons. The molecule has 0 amide bonds. The number of alkyl halides is 3. The molecule has 1 fully saturated rings. The minimum absolute atomic E-state index is 0.0313. The molecule has 0 bridgehead atoms. The highest BCUT2D eigenvalue weighted by Gasteiger charge is 2.38. The van der Waals surface area contributed by atoms with E-state index >= 15 is 4.39 Å². The fourth-order valence-electron chi connectivity index (χ4n) is 4.93. The second-order valence-electron chi connectivity index (χ2n) is 8.49. The predicted molar refractivity (Wildman–Crippen MR) is 113 cm³/mol. The molecule has 3 aromatic rings. The number of carbonyl (C=O) groups excluding carboxylic acids is 1. The molecule has 2 aromatic carbocycles. The van der Waals surface area contributed by atoms with Gasteiger partial charge in [0.05, 0.1) is 11.4 Å². The number of aliphatic carboxylic acids is 1. The van der Waals surface area contributed by atoms with Crippen molar-refractivity contribution in [3.05, 3.63) is 58.8 Å². The number of carboxylic acid groups (broad SMARTS) is 1. The second-order valence-corrected chi connectivity index (χ2v) is 8.49. The molecule has 0 saturated heterocycles. The molecule has 6 nitrogen and oxygen atoms in total. The third kappa shape index (κ3) is 4.42. The zero-order chi connectivity index (χ0) is 25.7. The Labute approximate surface area is 195 Å². The number of aromatic hydroxyl groups is 1. The van der Waals surface area contributed by atoms with E-state index in [9.17, 15) is 37.4 Å². The van der Waals surface area contributed by atoms with Crippen LogP contribution in [0.25, 0.3) is 10.9 Å². The number of carboxylic acids is 1. The third-order valence-electron chi connectivity index (χ3n) is 6.39. The van der Waals surface area contributed by atoms with Gasteiger partial charge in [-0.05, 0) is 55.5 Å². The van der Waals surface area contributed by atoms with Crippen LogP contribution in [0.4, 0.5) is 22.0 Å². The highest BCUT2D eigenvalue weighted by molar-refractivity contribution is 6.05. The SMILES string of the molecule is Cc1c(C(C(=O)O)C2CCCC2)c2c(F)c(O)c(F)cc2n1C(=O)c1ccc(OC(F)(F)F)cc1. The van der Waals surface area contributed by atoms with E-state index in [-0.39, 0.29) is 33.6 Å². The summed E-state index contributed by atoms with van der Waals surface area (Å²) >= 11 is 0. The van der Waals surface area contributed by atoms with Crippen LogP contribution in [0, 0.1) is 24.5 Å². The first-order valence-corrected chi connectivity index (χ1v) is 10.8. The molecule has 0 spiro atoms. The van der Waals surface area contributed by atoms with E-state index in [1.807, 2.05) is 0 Å². The van der Waals surface area contributed by atoms with E-state index < -0.39 is 47.3 Å². The molecular weight excluding hydrogens is 477 g/mol. The van der Waals surface area contributed by atoms with Crippen LogP contribution in [0.2, 0.25) is 0 Å². The van der Waals surface area contributed by atoms with Gasteiger partial charge < -0.3 is 14.9 Å². The summed E-state index contributed by atoms with van der Waals surface area (Å²) in [6.07, 6.45) is -2.25. The fourth-order valence-corrected chi connectivity index (χ4v) is 4.93. The molecule has 0 aliphatic heterocycles. The molecule has 2 N–H and O–H groups in total. The normalized spacial score (nSPS) is 15.5. The summed E-state index contributed by atoms with van der Waals surface area (Å²) in [5.74, 6) is -8.27. The Kier molecular flexibility index (Phi) is 6.20. The monoisotopic (exact) mass is 497 g/mol. The van der Waals surface area contributed by atoms with Crippen molar-refractivity contribution in [2.45, 2.75) is 44.9 Å². The number of hydrogen-bond acceptors (Lipinski definition) is 4. The summed E-state index contributed by atoms with van der Waals surface area (Å²) in [5.41, 5.74) is -0.440. The lowest BCUT2D eigenvalue weighted by molar-refractivity contribution is -0.274. The molecule has 186 valence electrons. The lowest BCUT2D eigenvalue weighted by Crippen LogP contribution is -2.21. The van der Waals surface area contributed by atoms with Gasteiger partial charge in [0.15, 0.2) is 17.4 Å². The summed E-state index contributed by atoms with van der Waals surface area (Å²) in [4.78, 5) is 25.6. The molecule has 35 heavy (non-hydrogen) atoms. The maximum atomic E-state index is 15.2. The largest absolute Gasteiger partial charge is 0.573 e. The molecule has 1 aromatic heterocycles. The maximum absolute atomic E-state index is 15.2. The van der Waals surface area contributed by atoms with Crippen molar-refractivity contribution >= 4 is 22.8 Å². The Balaban J connectivity index is 1.91. The minimum Gasteiger partial charge on any atom is -0.503 e. The first-order valence-electron chi connectivity index (χ1n) is 10.8. The summed E-state index contributed by atoms with van der Waals surface area (Å²) in [7, 11) is 0. The van der Waals surface area contributed by atoms with Gasteiger partial charge in [-0.15, -0.1) is 13.2 Å². The van der Waals surface area contributed by atoms with Crippen molar-refractivity contribution in [3.63, 3.8) is 0 Å². The number of halogens is 5. The molecule has 1 heterocycles. The van der Waals surface area contributed by atoms with E-state index in [4.69, 9.17) is 0 Å². The zero-order valence-electron chi connectivity index (χ0n) is 18.3. The number of fused-ring (bicyclic) bond motifs is 1. The number of ether oxygens (including phenoxy) is 1. The molecule has 11 heteroatoms. The van der Waals surface area contributed by atoms with Crippen LogP contribution in [0.3, 0.4) is 0 Å². The molecule has 4 rings (SSSR count). The van der Waals surface area contributed by atoms with Crippen molar-refractivity contribution in [2.24, 2.45) is 5.92 Å². The Morgan fingerprint density at radius 3 is 2.26 bits per heavy atom. The Morgan fingerprint density at radius 2 is 1.71 bits per heavy atom. The van der Waals surface area contributed by atoms with Gasteiger partial charge in [0.1, 0.15) is 5.75 Å². The van der Waals surface area contributed by atoms with Crippen molar-refractivity contribution in [1.29, 1.82) is 0 Å². The molecule has 1 aliphatic rings. The second kappa shape index (κ2) is 8.86. The zero-order valence-corrected chi connectivity index (χ0v) is 18.3. The minimum atomic E-state index is -4.93. The smallest absolute Gasteiger partial charge is 0.503 e. The molecule has 1 atom stereocenters. The number of benzene rings is 2. The number of phenols is 1. The first kappa shape index (κ1) is 24.5. The van der Waals surface area contributed by atoms with Gasteiger partial charge in [-0.2, -0.15) is 0 Å². The van der Waals surface area contributed by atoms with Gasteiger partial charge in [0.25, 0.3) is 5.91 Å². The number of hydrogen-bond donors (Lipinski definition) is 2. The average Bonchev–Trinajstić information content (AvgIpc) is 3.38. The van der Waals surface area contributed by atoms with Gasteiger partial charge in [-0.3, -0.25) is 14.2 Å². The first-order chi connectivity index (χ1) is 16.4. The van der Waals surface area contributed by atoms with Gasteiger partial charge in [0, 0.05) is 22.7 Å². The highest BCUT2D eigenvalue weighted by atomic mass is 19.4. The van der Waals surface area contributed by atoms with Crippen molar-refractivity contribution in [2.75, 3.05) is 0 Å². The summed E-state index contributed by atoms with van der Waals surface area (Å²) in [5, 5.41) is 19.5. The number of rotatable bonds is 5. The molecule has 1 aliphatic carbocycles. The van der Waals surface area contributed by atoms with E-state index in [0.717, 1.165) is 47.7 Å². The van der Waals surface area contributed by atoms with Gasteiger partial charge in [0.2, 0.25) is 0 Å². The van der Waals surface area contributed by atoms with E-state index in [0.29, 0.717) is 12.8 Å². The maximum Gasteiger partial charge on any atom is 0.573 e. The van der Waals surface area contributed by atoms with Crippen LogP contribution in [-0.2, 0) is 4.79 Å². The Morgan fingerprint density at radius 1 is 1.11 bits per heavy atom. The van der Waals surface area contributed by atoms with Crippen LogP contribution in [0.5, 0.6) is 11.5 Å². The highest BCUT2D eigenvalue weighted by Crippen LogP contribution is 2.45. The Bertz CT molecular complexity index is 1310. The quantitative estimate of drug-likeness (QED) is 0.430. The topological polar surface area (TPSA) is 88.8 Å². The van der Waals surface area contributed by atoms with Crippen LogP contribution in [0.15, 0.2) is 30.3 Å². The predicted octanol–water partition coefficient (Wildman–Crippen LogP) is 5.88. The van der Waals surface area contributed by atoms with Crippen LogP contribution < -0.4 is 4.74 Å². The van der Waals surface area contributed by atoms with Gasteiger partial charge in [-0.25, -0.2) is 8.78 Å². The third-order valence-corrected chi connectivity index (χ3v) is 6.39. The standard InChI is InChI=1S/C24H20F5NO5/c1-11-17(18(23(33)34)12-4-2-3-5-12)19-16(10-15(25)21(31)20(19)26)30(11)22(32)13-6-8-14(9-7-13)35-24(27,28)29/h6-10,12,18,31H,2-5H2,1H3,(H,33,34). The molecular formula is C24H20F5NO5. The van der Waals surface area contributed by atoms with Crippen LogP contribution >= 0.6 is 0 Å². The average molecular weight is 497 g/mol. The van der Waals surface area contributed by atoms with Crippen molar-refractivity contribution in [3.8, 4) is 11.5 Å². The van der Waals surface area contributed by atoms with Gasteiger partial charge >= 0.3 is 12.3 Å². The Hall–Kier alpha value is -3.63. The summed E-state index contributed by atoms with van der Waals surface area (Å²) < 4.78 is 71.5. The van der Waals surface area contributed by atoms with Crippen LogP contribution in [-0.4, -0.2) is 33.0 Å². The van der Waals surface area contributed by atoms with Crippen LogP contribution in [0.1, 0.15) is 53.2 Å².